The van der Waals surface area contributed by atoms with E-state index < -0.39 is 11.9 Å². The Balaban J connectivity index is 2.05. The van der Waals surface area contributed by atoms with Crippen LogP contribution in [0.1, 0.15) is 31.8 Å². The van der Waals surface area contributed by atoms with Gasteiger partial charge in [0.05, 0.1) is 33.5 Å². The lowest BCUT2D eigenvalue weighted by Crippen LogP contribution is -2.04. The number of fused-ring (bicyclic) bond motifs is 2. The SMILES string of the molecule is Cc1ccc2nc(-c3cc(C(=O)O)c4c(C)cccc4n3)cc(C(=O)O)c2c1. The van der Waals surface area contributed by atoms with Gasteiger partial charge < -0.3 is 10.2 Å². The zero-order chi connectivity index (χ0) is 20.0. The summed E-state index contributed by atoms with van der Waals surface area (Å²) in [4.78, 5) is 32.7. The molecule has 0 spiro atoms. The van der Waals surface area contributed by atoms with E-state index in [1.165, 1.54) is 12.1 Å². The van der Waals surface area contributed by atoms with E-state index in [4.69, 9.17) is 0 Å². The minimum Gasteiger partial charge on any atom is -0.478 e. The summed E-state index contributed by atoms with van der Waals surface area (Å²) < 4.78 is 0. The van der Waals surface area contributed by atoms with Crippen LogP contribution in [0.25, 0.3) is 33.2 Å². The van der Waals surface area contributed by atoms with Gasteiger partial charge in [-0.1, -0.05) is 23.8 Å². The summed E-state index contributed by atoms with van der Waals surface area (Å²) in [6, 6.07) is 13.6. The highest BCUT2D eigenvalue weighted by Crippen LogP contribution is 2.29. The van der Waals surface area contributed by atoms with Gasteiger partial charge in [0.15, 0.2) is 0 Å². The summed E-state index contributed by atoms with van der Waals surface area (Å²) in [7, 11) is 0. The Hall–Kier alpha value is -3.80. The lowest BCUT2D eigenvalue weighted by Gasteiger charge is -2.11. The van der Waals surface area contributed by atoms with E-state index in [9.17, 15) is 19.8 Å². The largest absolute Gasteiger partial charge is 0.478 e. The Morgan fingerprint density at radius 3 is 2.11 bits per heavy atom. The topological polar surface area (TPSA) is 100 Å². The molecule has 0 bridgehead atoms. The monoisotopic (exact) mass is 372 g/mol. The number of carboxylic acid groups (broad SMARTS) is 2. The van der Waals surface area contributed by atoms with Crippen LogP contribution < -0.4 is 0 Å². The molecule has 0 aliphatic heterocycles. The molecule has 0 radical (unpaired) electrons. The number of aromatic nitrogens is 2. The number of hydrogen-bond acceptors (Lipinski definition) is 4. The molecule has 28 heavy (non-hydrogen) atoms. The van der Waals surface area contributed by atoms with Crippen LogP contribution in [0.3, 0.4) is 0 Å². The normalized spacial score (nSPS) is 11.1. The Morgan fingerprint density at radius 1 is 0.786 bits per heavy atom. The Morgan fingerprint density at radius 2 is 1.43 bits per heavy atom. The molecule has 0 saturated carbocycles. The second kappa shape index (κ2) is 6.42. The third-order valence-corrected chi connectivity index (χ3v) is 4.73. The first-order valence-electron chi connectivity index (χ1n) is 8.64. The highest BCUT2D eigenvalue weighted by Gasteiger charge is 2.18. The maximum absolute atomic E-state index is 11.8. The molecule has 0 unspecified atom stereocenters. The van der Waals surface area contributed by atoms with Gasteiger partial charge in [-0.3, -0.25) is 0 Å². The van der Waals surface area contributed by atoms with Crippen molar-refractivity contribution in [1.82, 2.24) is 9.97 Å². The van der Waals surface area contributed by atoms with Crippen molar-refractivity contribution in [2.45, 2.75) is 13.8 Å². The van der Waals surface area contributed by atoms with Crippen LogP contribution in [0.5, 0.6) is 0 Å². The van der Waals surface area contributed by atoms with Gasteiger partial charge in [0.2, 0.25) is 0 Å². The van der Waals surface area contributed by atoms with Gasteiger partial charge in [-0.25, -0.2) is 19.6 Å². The van der Waals surface area contributed by atoms with Crippen molar-refractivity contribution >= 4 is 33.7 Å². The van der Waals surface area contributed by atoms with Gasteiger partial charge in [-0.15, -0.1) is 0 Å². The van der Waals surface area contributed by atoms with Crippen LogP contribution in [-0.2, 0) is 0 Å². The molecule has 4 rings (SSSR count). The van der Waals surface area contributed by atoms with Crippen LogP contribution in [0, 0.1) is 13.8 Å². The lowest BCUT2D eigenvalue weighted by molar-refractivity contribution is 0.0688. The molecule has 6 nitrogen and oxygen atoms in total. The molecule has 0 atom stereocenters. The van der Waals surface area contributed by atoms with Crippen molar-refractivity contribution in [1.29, 1.82) is 0 Å². The fraction of sp³-hybridized carbons (Fsp3) is 0.0909. The first kappa shape index (κ1) is 17.6. The molecule has 2 aromatic carbocycles. The molecule has 2 N–H and O–H groups in total. The van der Waals surface area contributed by atoms with Gasteiger partial charge in [0, 0.05) is 10.8 Å². The molecular weight excluding hydrogens is 356 g/mol. The average molecular weight is 372 g/mol. The van der Waals surface area contributed by atoms with E-state index in [1.54, 1.807) is 24.3 Å². The molecule has 4 aromatic rings. The predicted octanol–water partition coefficient (Wildman–Crippen LogP) is 4.46. The zero-order valence-electron chi connectivity index (χ0n) is 15.2. The van der Waals surface area contributed by atoms with Gasteiger partial charge in [-0.05, 0) is 49.7 Å². The van der Waals surface area contributed by atoms with Gasteiger partial charge in [0.1, 0.15) is 0 Å². The van der Waals surface area contributed by atoms with E-state index in [2.05, 4.69) is 9.97 Å². The molecule has 2 heterocycles. The van der Waals surface area contributed by atoms with Crippen LogP contribution >= 0.6 is 0 Å². The summed E-state index contributed by atoms with van der Waals surface area (Å²) in [5, 5.41) is 20.4. The lowest BCUT2D eigenvalue weighted by atomic mass is 10.0. The quantitative estimate of drug-likeness (QED) is 0.550. The standard InChI is InChI=1S/C22H16N2O4/c1-11-6-7-16-13(8-11)14(21(25)26)9-18(23-16)19-10-15(22(27)28)20-12(2)4-3-5-17(20)24-19/h3-10H,1-2H3,(H,25,26)(H,27,28). The number of aromatic carboxylic acids is 2. The molecule has 2 aromatic heterocycles. The number of hydrogen-bond donors (Lipinski definition) is 2. The van der Waals surface area contributed by atoms with Crippen molar-refractivity contribution < 1.29 is 19.8 Å². The van der Waals surface area contributed by atoms with E-state index in [-0.39, 0.29) is 11.1 Å². The molecule has 0 aliphatic rings. The minimum absolute atomic E-state index is 0.103. The fourth-order valence-electron chi connectivity index (χ4n) is 3.41. The minimum atomic E-state index is -1.07. The predicted molar refractivity (Wildman–Crippen MR) is 106 cm³/mol. The molecule has 0 fully saturated rings. The number of nitrogens with zero attached hydrogens (tertiary/aromatic N) is 2. The van der Waals surface area contributed by atoms with Crippen LogP contribution in [0.2, 0.25) is 0 Å². The highest BCUT2D eigenvalue weighted by atomic mass is 16.4. The van der Waals surface area contributed by atoms with Crippen molar-refractivity contribution in [3.8, 4) is 11.4 Å². The number of aryl methyl sites for hydroxylation is 2. The smallest absolute Gasteiger partial charge is 0.336 e. The Labute approximate surface area is 160 Å². The highest BCUT2D eigenvalue weighted by molar-refractivity contribution is 6.06. The summed E-state index contributed by atoms with van der Waals surface area (Å²) in [6.07, 6.45) is 0. The number of carbonyl (C=O) groups is 2. The number of benzene rings is 2. The summed E-state index contributed by atoms with van der Waals surface area (Å²) in [5.74, 6) is -2.15. The number of pyridine rings is 2. The number of carboxylic acids is 2. The Kier molecular flexibility index (Phi) is 4.04. The second-order valence-electron chi connectivity index (χ2n) is 6.71. The van der Waals surface area contributed by atoms with E-state index in [0.29, 0.717) is 33.2 Å². The summed E-state index contributed by atoms with van der Waals surface area (Å²) >= 11 is 0. The zero-order valence-corrected chi connectivity index (χ0v) is 15.2. The molecule has 0 aliphatic carbocycles. The van der Waals surface area contributed by atoms with Crippen molar-refractivity contribution in [2.24, 2.45) is 0 Å². The van der Waals surface area contributed by atoms with Crippen molar-refractivity contribution in [3.63, 3.8) is 0 Å². The second-order valence-corrected chi connectivity index (χ2v) is 6.71. The third kappa shape index (κ3) is 2.85. The average Bonchev–Trinajstić information content (AvgIpc) is 2.66. The summed E-state index contributed by atoms with van der Waals surface area (Å²) in [6.45, 7) is 3.71. The van der Waals surface area contributed by atoms with E-state index in [1.807, 2.05) is 26.0 Å². The first-order valence-corrected chi connectivity index (χ1v) is 8.64. The van der Waals surface area contributed by atoms with Gasteiger partial charge in [0.25, 0.3) is 0 Å². The first-order chi connectivity index (χ1) is 13.3. The van der Waals surface area contributed by atoms with Crippen LogP contribution in [0.4, 0.5) is 0 Å². The summed E-state index contributed by atoms with van der Waals surface area (Å²) in [5.41, 5.74) is 3.63. The third-order valence-electron chi connectivity index (χ3n) is 4.73. The molecule has 0 saturated heterocycles. The number of rotatable bonds is 3. The van der Waals surface area contributed by atoms with Gasteiger partial charge in [-0.2, -0.15) is 0 Å². The van der Waals surface area contributed by atoms with E-state index in [0.717, 1.165) is 11.1 Å². The molecule has 138 valence electrons. The molecule has 6 heteroatoms. The van der Waals surface area contributed by atoms with Gasteiger partial charge >= 0.3 is 11.9 Å². The molecule has 0 amide bonds. The maximum Gasteiger partial charge on any atom is 0.336 e. The van der Waals surface area contributed by atoms with Crippen molar-refractivity contribution in [3.05, 3.63) is 70.8 Å². The van der Waals surface area contributed by atoms with Crippen LogP contribution in [-0.4, -0.2) is 32.1 Å². The fourth-order valence-corrected chi connectivity index (χ4v) is 3.41. The Bertz CT molecular complexity index is 1290. The molecular formula is C22H16N2O4. The van der Waals surface area contributed by atoms with Crippen LogP contribution in [0.15, 0.2) is 48.5 Å². The van der Waals surface area contributed by atoms with Crippen molar-refractivity contribution in [2.75, 3.05) is 0 Å². The van der Waals surface area contributed by atoms with E-state index >= 15 is 0 Å². The maximum atomic E-state index is 11.8.